The van der Waals surface area contributed by atoms with E-state index in [2.05, 4.69) is 41.7 Å². The third-order valence-corrected chi connectivity index (χ3v) is 3.15. The smallest absolute Gasteiger partial charge is 0.195 e. The van der Waals surface area contributed by atoms with Gasteiger partial charge in [-0.2, -0.15) is 0 Å². The Labute approximate surface area is 97.8 Å². The van der Waals surface area contributed by atoms with E-state index in [-0.39, 0.29) is 0 Å². The van der Waals surface area contributed by atoms with Crippen LogP contribution in [0.1, 0.15) is 25.3 Å². The van der Waals surface area contributed by atoms with Crippen LogP contribution in [0, 0.1) is 12.8 Å². The molecule has 0 N–H and O–H groups in total. The molecule has 2 aromatic rings. The van der Waals surface area contributed by atoms with Gasteiger partial charge in [-0.25, -0.2) is 4.98 Å². The predicted molar refractivity (Wildman–Crippen MR) is 65.0 cm³/mol. The van der Waals surface area contributed by atoms with Crippen molar-refractivity contribution in [1.82, 2.24) is 4.98 Å². The second kappa shape index (κ2) is 3.97. The number of hydrogen-bond donors (Lipinski definition) is 0. The van der Waals surface area contributed by atoms with Gasteiger partial charge in [-0.3, -0.25) is 0 Å². The highest BCUT2D eigenvalue weighted by Crippen LogP contribution is 2.25. The molecule has 0 aliphatic heterocycles. The maximum atomic E-state index is 5.67. The van der Waals surface area contributed by atoms with Gasteiger partial charge < -0.3 is 4.42 Å². The molecule has 2 nitrogen and oxygen atoms in total. The molecule has 15 heavy (non-hydrogen) atoms. The van der Waals surface area contributed by atoms with Crippen LogP contribution >= 0.6 is 15.9 Å². The van der Waals surface area contributed by atoms with Crippen molar-refractivity contribution in [2.45, 2.75) is 27.2 Å². The second-order valence-electron chi connectivity index (χ2n) is 4.27. The van der Waals surface area contributed by atoms with Crippen LogP contribution in [0.5, 0.6) is 0 Å². The predicted octanol–water partition coefficient (Wildman–Crippen LogP) is 4.10. The van der Waals surface area contributed by atoms with E-state index in [9.17, 15) is 0 Å². The fraction of sp³-hybridized carbons (Fsp3) is 0.417. The molecule has 0 saturated heterocycles. The van der Waals surface area contributed by atoms with Crippen molar-refractivity contribution >= 4 is 27.0 Å². The average molecular weight is 268 g/mol. The van der Waals surface area contributed by atoms with E-state index in [4.69, 9.17) is 4.42 Å². The Hall–Kier alpha value is -0.830. The van der Waals surface area contributed by atoms with Gasteiger partial charge in [0.25, 0.3) is 0 Å². The Bertz CT molecular complexity index is 449. The topological polar surface area (TPSA) is 26.0 Å². The van der Waals surface area contributed by atoms with Crippen molar-refractivity contribution < 1.29 is 4.42 Å². The van der Waals surface area contributed by atoms with Gasteiger partial charge in [-0.1, -0.05) is 29.8 Å². The average Bonchev–Trinajstić information content (AvgIpc) is 2.46. The van der Waals surface area contributed by atoms with Crippen LogP contribution in [0.2, 0.25) is 0 Å². The van der Waals surface area contributed by atoms with E-state index in [1.807, 2.05) is 12.1 Å². The molecule has 0 radical (unpaired) electrons. The van der Waals surface area contributed by atoms with Crippen LogP contribution < -0.4 is 0 Å². The summed E-state index contributed by atoms with van der Waals surface area (Å²) in [5.74, 6) is 1.40. The van der Waals surface area contributed by atoms with E-state index < -0.39 is 0 Å². The summed E-state index contributed by atoms with van der Waals surface area (Å²) in [7, 11) is 0. The third-order valence-electron chi connectivity index (χ3n) is 2.30. The van der Waals surface area contributed by atoms with Crippen molar-refractivity contribution in [3.8, 4) is 0 Å². The first-order chi connectivity index (χ1) is 7.06. The first kappa shape index (κ1) is 10.7. The van der Waals surface area contributed by atoms with E-state index in [0.717, 1.165) is 27.9 Å². The number of aryl methyl sites for hydroxylation is 1. The molecule has 80 valence electrons. The van der Waals surface area contributed by atoms with Crippen molar-refractivity contribution in [1.29, 1.82) is 0 Å². The van der Waals surface area contributed by atoms with E-state index in [1.54, 1.807) is 0 Å². The summed E-state index contributed by atoms with van der Waals surface area (Å²) in [5, 5.41) is 0. The lowest BCUT2D eigenvalue weighted by atomic mass is 10.1. The number of nitrogens with zero attached hydrogens (tertiary/aromatic N) is 1. The molecule has 3 heteroatoms. The molecular weight excluding hydrogens is 254 g/mol. The van der Waals surface area contributed by atoms with E-state index in [0.29, 0.717) is 5.92 Å². The highest BCUT2D eigenvalue weighted by atomic mass is 79.9. The fourth-order valence-corrected chi connectivity index (χ4v) is 1.86. The Kier molecular flexibility index (Phi) is 2.83. The van der Waals surface area contributed by atoms with Gasteiger partial charge in [0.2, 0.25) is 0 Å². The molecule has 0 aliphatic rings. The number of rotatable bonds is 2. The number of hydrogen-bond acceptors (Lipinski definition) is 2. The van der Waals surface area contributed by atoms with Gasteiger partial charge in [0.05, 0.1) is 0 Å². The lowest BCUT2D eigenvalue weighted by Gasteiger charge is -1.96. The third kappa shape index (κ3) is 2.23. The molecule has 0 atom stereocenters. The van der Waals surface area contributed by atoms with Crippen molar-refractivity contribution in [3.63, 3.8) is 0 Å². The Balaban J connectivity index is 2.47. The normalized spacial score (nSPS) is 11.5. The molecule has 0 fully saturated rings. The molecule has 0 aliphatic carbocycles. The first-order valence-corrected chi connectivity index (χ1v) is 5.91. The minimum absolute atomic E-state index is 0.572. The summed E-state index contributed by atoms with van der Waals surface area (Å²) in [6.07, 6.45) is 0.894. The van der Waals surface area contributed by atoms with Gasteiger partial charge in [0.15, 0.2) is 11.5 Å². The molecular formula is C12H14BrNO. The maximum absolute atomic E-state index is 5.67. The molecule has 0 amide bonds. The second-order valence-corrected chi connectivity index (χ2v) is 5.13. The van der Waals surface area contributed by atoms with Crippen LogP contribution in [0.25, 0.3) is 11.1 Å². The summed E-state index contributed by atoms with van der Waals surface area (Å²) >= 11 is 3.49. The van der Waals surface area contributed by atoms with Crippen LogP contribution in [0.3, 0.4) is 0 Å². The summed E-state index contributed by atoms with van der Waals surface area (Å²) in [4.78, 5) is 4.47. The maximum Gasteiger partial charge on any atom is 0.195 e. The van der Waals surface area contributed by atoms with E-state index >= 15 is 0 Å². The first-order valence-electron chi connectivity index (χ1n) is 5.12. The highest BCUT2D eigenvalue weighted by Gasteiger charge is 2.09. The molecule has 0 spiro atoms. The molecule has 1 aromatic heterocycles. The lowest BCUT2D eigenvalue weighted by Crippen LogP contribution is -1.93. The quantitative estimate of drug-likeness (QED) is 0.819. The summed E-state index contributed by atoms with van der Waals surface area (Å²) in [5.41, 5.74) is 3.00. The van der Waals surface area contributed by atoms with Gasteiger partial charge in [-0.05, 0) is 30.5 Å². The van der Waals surface area contributed by atoms with Crippen molar-refractivity contribution in [3.05, 3.63) is 28.1 Å². The number of aromatic nitrogens is 1. The SMILES string of the molecule is Cc1cc2nc(CC(C)C)oc2cc1Br. The Morgan fingerprint density at radius 2 is 2.13 bits per heavy atom. The fourth-order valence-electron chi connectivity index (χ4n) is 1.54. The Morgan fingerprint density at radius 1 is 1.40 bits per heavy atom. The largest absolute Gasteiger partial charge is 0.441 e. The molecule has 0 unspecified atom stereocenters. The summed E-state index contributed by atoms with van der Waals surface area (Å²) in [6.45, 7) is 6.38. The van der Waals surface area contributed by atoms with Crippen LogP contribution in [-0.4, -0.2) is 4.98 Å². The number of benzene rings is 1. The van der Waals surface area contributed by atoms with Gasteiger partial charge in [-0.15, -0.1) is 0 Å². The zero-order valence-electron chi connectivity index (χ0n) is 9.17. The summed E-state index contributed by atoms with van der Waals surface area (Å²) in [6, 6.07) is 4.04. The van der Waals surface area contributed by atoms with E-state index in [1.165, 1.54) is 5.56 Å². The number of oxazole rings is 1. The summed E-state index contributed by atoms with van der Waals surface area (Å²) < 4.78 is 6.75. The Morgan fingerprint density at radius 3 is 2.80 bits per heavy atom. The highest BCUT2D eigenvalue weighted by molar-refractivity contribution is 9.10. The zero-order valence-corrected chi connectivity index (χ0v) is 10.8. The van der Waals surface area contributed by atoms with Gasteiger partial charge >= 0.3 is 0 Å². The van der Waals surface area contributed by atoms with Crippen LogP contribution in [0.4, 0.5) is 0 Å². The lowest BCUT2D eigenvalue weighted by molar-refractivity contribution is 0.482. The van der Waals surface area contributed by atoms with Gasteiger partial charge in [0, 0.05) is 10.9 Å². The molecule has 2 rings (SSSR count). The standard InChI is InChI=1S/C12H14BrNO/c1-7(2)4-12-14-10-5-8(3)9(13)6-11(10)15-12/h5-7H,4H2,1-3H3. The molecule has 0 bridgehead atoms. The van der Waals surface area contributed by atoms with Crippen molar-refractivity contribution in [2.75, 3.05) is 0 Å². The van der Waals surface area contributed by atoms with Crippen LogP contribution in [-0.2, 0) is 6.42 Å². The number of fused-ring (bicyclic) bond motifs is 1. The monoisotopic (exact) mass is 267 g/mol. The minimum Gasteiger partial charge on any atom is -0.441 e. The molecule has 1 heterocycles. The molecule has 1 aromatic carbocycles. The zero-order chi connectivity index (χ0) is 11.0. The molecule has 0 saturated carbocycles. The van der Waals surface area contributed by atoms with Crippen molar-refractivity contribution in [2.24, 2.45) is 5.92 Å². The minimum atomic E-state index is 0.572. The van der Waals surface area contributed by atoms with Crippen LogP contribution in [0.15, 0.2) is 21.0 Å². The van der Waals surface area contributed by atoms with Gasteiger partial charge in [0.1, 0.15) is 5.52 Å². The number of halogens is 1.